The van der Waals surface area contributed by atoms with Crippen molar-refractivity contribution in [2.45, 2.75) is 13.5 Å². The van der Waals surface area contributed by atoms with Crippen LogP contribution >= 0.6 is 37.2 Å². The van der Waals surface area contributed by atoms with Gasteiger partial charge in [-0.3, -0.25) is 9.78 Å². The molecule has 2 N–H and O–H groups in total. The summed E-state index contributed by atoms with van der Waals surface area (Å²) in [6, 6.07) is 0. The Morgan fingerprint density at radius 2 is 2.14 bits per heavy atom. The van der Waals surface area contributed by atoms with E-state index in [0.29, 0.717) is 17.5 Å². The Bertz CT molecular complexity index is 318. The molecule has 14 heavy (non-hydrogen) atoms. The minimum absolute atomic E-state index is 0.116. The number of aromatic nitrogens is 1. The topological polar surface area (TPSA) is 70.4 Å². The molecule has 1 aromatic heterocycles. The van der Waals surface area contributed by atoms with Crippen LogP contribution in [0.5, 0.6) is 5.75 Å². The molecule has 0 aliphatic carbocycles. The van der Waals surface area contributed by atoms with Crippen LogP contribution in [0.3, 0.4) is 0 Å². The van der Waals surface area contributed by atoms with Crippen LogP contribution in [0.15, 0.2) is 6.20 Å². The molecule has 4 nitrogen and oxygen atoms in total. The maximum Gasteiger partial charge on any atom is 0.154 e. The van der Waals surface area contributed by atoms with Crippen molar-refractivity contribution >= 4 is 43.5 Å². The maximum absolute atomic E-state index is 10.5. The summed E-state index contributed by atoms with van der Waals surface area (Å²) in [6.45, 7) is 1.29. The number of hydrogen-bond acceptors (Lipinski definition) is 4. The van der Waals surface area contributed by atoms with Crippen molar-refractivity contribution in [1.82, 2.24) is 4.98 Å². The van der Waals surface area contributed by atoms with E-state index in [0.717, 1.165) is 0 Å². The third kappa shape index (κ3) is 3.31. The Morgan fingerprint density at radius 3 is 2.57 bits per heavy atom. The van der Waals surface area contributed by atoms with Gasteiger partial charge in [-0.05, 0) is 6.92 Å². The van der Waals surface area contributed by atoms with Gasteiger partial charge in [0.2, 0.25) is 0 Å². The summed E-state index contributed by atoms with van der Waals surface area (Å²) in [5.74, 6) is -0.156. The van der Waals surface area contributed by atoms with Crippen molar-refractivity contribution in [3.8, 4) is 5.75 Å². The Hall–Kier alpha value is 0.0400. The number of aryl methyl sites for hydroxylation is 1. The predicted octanol–water partition coefficient (Wildman–Crippen LogP) is 2.17. The van der Waals surface area contributed by atoms with E-state index in [1.54, 1.807) is 6.92 Å². The number of aldehydes is 1. The van der Waals surface area contributed by atoms with Gasteiger partial charge in [0, 0.05) is 49.0 Å². The number of carbonyl (C=O) groups excluding carboxylic acids is 1. The van der Waals surface area contributed by atoms with Crippen molar-refractivity contribution in [1.29, 1.82) is 0 Å². The first-order valence-corrected chi connectivity index (χ1v) is 9.87. The zero-order chi connectivity index (χ0) is 11.1. The highest BCUT2D eigenvalue weighted by Crippen LogP contribution is 2.21. The van der Waals surface area contributed by atoms with E-state index >= 15 is 0 Å². The number of pyridine rings is 1. The van der Waals surface area contributed by atoms with Crippen molar-refractivity contribution in [3.63, 3.8) is 0 Å². The van der Waals surface area contributed by atoms with E-state index in [1.165, 1.54) is 6.20 Å². The normalized spacial score (nSPS) is 8.86. The molecule has 0 saturated carbocycles. The first kappa shape index (κ1) is 14.0. The summed E-state index contributed by atoms with van der Waals surface area (Å²) >= 11 is 4.24. The average molecular weight is 421 g/mol. The van der Waals surface area contributed by atoms with Gasteiger partial charge in [-0.25, -0.2) is 0 Å². The lowest BCUT2D eigenvalue weighted by molar-refractivity contribution is 0.111. The second-order valence-corrected chi connectivity index (χ2v) is 2.41. The minimum atomic E-state index is -0.297. The fourth-order valence-electron chi connectivity index (χ4n) is 0.910. The van der Waals surface area contributed by atoms with Gasteiger partial charge < -0.3 is 10.2 Å². The zero-order valence-electron chi connectivity index (χ0n) is 7.37. The quantitative estimate of drug-likeness (QED) is 0.568. The van der Waals surface area contributed by atoms with E-state index in [4.69, 9.17) is 5.11 Å². The minimum Gasteiger partial charge on any atom is -0.505 e. The molecular weight excluding hydrogens is 412 g/mol. The molecule has 1 rings (SSSR count). The van der Waals surface area contributed by atoms with Gasteiger partial charge in [0.15, 0.2) is 6.29 Å². The van der Waals surface area contributed by atoms with E-state index in [2.05, 4.69) is 42.2 Å². The summed E-state index contributed by atoms with van der Waals surface area (Å²) in [7, 11) is 0. The number of aliphatic hydroxyl groups excluding tert-OH is 1. The van der Waals surface area contributed by atoms with Gasteiger partial charge in [0.1, 0.15) is 5.75 Å². The van der Waals surface area contributed by atoms with Crippen LogP contribution in [0.1, 0.15) is 21.6 Å². The van der Waals surface area contributed by atoms with Crippen LogP contribution in [0.25, 0.3) is 0 Å². The highest BCUT2D eigenvalue weighted by molar-refractivity contribution is 15.0. The molecule has 0 radical (unpaired) electrons. The molecule has 78 valence electrons. The monoisotopic (exact) mass is 421 g/mol. The van der Waals surface area contributed by atoms with Gasteiger partial charge in [-0.15, -0.1) is 0 Å². The van der Waals surface area contributed by atoms with E-state index < -0.39 is 0 Å². The smallest absolute Gasteiger partial charge is 0.154 e. The summed E-state index contributed by atoms with van der Waals surface area (Å²) in [5.41, 5.74) is 0.840. The molecular formula is C8H9I2NO3. The molecule has 0 unspecified atom stereocenters. The molecule has 1 heterocycles. The summed E-state index contributed by atoms with van der Waals surface area (Å²) in [6.07, 6.45) is 1.88. The average Bonchev–Trinajstić information content (AvgIpc) is 2.24. The zero-order valence-corrected chi connectivity index (χ0v) is 11.7. The summed E-state index contributed by atoms with van der Waals surface area (Å²) in [5, 5.41) is 18.1. The molecule has 0 atom stereocenters. The standard InChI is InChI=1S/C8H9NO3.I2/c1-5-8(12)7(4-11)6(3-10)2-9-5;1-2/h2,4,10,12H,3H2,1H3;. The fourth-order valence-corrected chi connectivity index (χ4v) is 0.910. The fraction of sp³-hybridized carbons (Fsp3) is 0.250. The van der Waals surface area contributed by atoms with Crippen LogP contribution in [-0.4, -0.2) is 21.5 Å². The van der Waals surface area contributed by atoms with Crippen LogP contribution in [-0.2, 0) is 6.61 Å². The van der Waals surface area contributed by atoms with Crippen LogP contribution in [0, 0.1) is 6.92 Å². The van der Waals surface area contributed by atoms with Gasteiger partial charge in [-0.1, -0.05) is 0 Å². The molecule has 0 aliphatic heterocycles. The van der Waals surface area contributed by atoms with Crippen LogP contribution in [0.2, 0.25) is 0 Å². The summed E-state index contributed by atoms with van der Waals surface area (Å²) in [4.78, 5) is 14.2. The number of rotatable bonds is 2. The van der Waals surface area contributed by atoms with Crippen molar-refractivity contribution in [2.24, 2.45) is 0 Å². The largest absolute Gasteiger partial charge is 0.505 e. The van der Waals surface area contributed by atoms with Gasteiger partial charge in [0.25, 0.3) is 0 Å². The van der Waals surface area contributed by atoms with Crippen LogP contribution in [0.4, 0.5) is 0 Å². The van der Waals surface area contributed by atoms with E-state index in [1.807, 2.05) is 0 Å². The SMILES string of the molecule is Cc1ncc(CO)c(C=O)c1O.II. The number of nitrogens with zero attached hydrogens (tertiary/aromatic N) is 1. The van der Waals surface area contributed by atoms with Crippen molar-refractivity contribution in [2.75, 3.05) is 0 Å². The molecule has 0 aromatic carbocycles. The number of aliphatic hydroxyl groups is 1. The predicted molar refractivity (Wildman–Crippen MR) is 70.0 cm³/mol. The number of hydrogen-bond donors (Lipinski definition) is 2. The second-order valence-electron chi connectivity index (χ2n) is 2.41. The Kier molecular flexibility index (Phi) is 7.37. The molecule has 0 spiro atoms. The van der Waals surface area contributed by atoms with Crippen molar-refractivity contribution in [3.05, 3.63) is 23.0 Å². The molecule has 0 fully saturated rings. The number of halogens is 2. The Morgan fingerprint density at radius 1 is 1.57 bits per heavy atom. The first-order chi connectivity index (χ1) is 6.70. The molecule has 0 amide bonds. The molecule has 0 saturated heterocycles. The summed E-state index contributed by atoms with van der Waals surface area (Å²) < 4.78 is 0. The number of carbonyl (C=O) groups is 1. The number of aromatic hydroxyl groups is 1. The first-order valence-electron chi connectivity index (χ1n) is 3.58. The molecule has 0 bridgehead atoms. The van der Waals surface area contributed by atoms with Crippen LogP contribution < -0.4 is 0 Å². The lowest BCUT2D eigenvalue weighted by Crippen LogP contribution is -1.96. The van der Waals surface area contributed by atoms with Gasteiger partial charge in [0.05, 0.1) is 17.9 Å². The lowest BCUT2D eigenvalue weighted by atomic mass is 10.1. The third-order valence-electron chi connectivity index (χ3n) is 1.65. The van der Waals surface area contributed by atoms with E-state index in [9.17, 15) is 9.90 Å². The van der Waals surface area contributed by atoms with E-state index in [-0.39, 0.29) is 17.9 Å². The Balaban J connectivity index is 0.000000791. The molecule has 0 aliphatic rings. The maximum atomic E-state index is 10.5. The third-order valence-corrected chi connectivity index (χ3v) is 1.65. The van der Waals surface area contributed by atoms with Gasteiger partial charge >= 0.3 is 0 Å². The highest BCUT2D eigenvalue weighted by atomic mass is 128. The second kappa shape index (κ2) is 7.35. The molecule has 1 aromatic rings. The van der Waals surface area contributed by atoms with Crippen molar-refractivity contribution < 1.29 is 15.0 Å². The molecule has 6 heteroatoms. The highest BCUT2D eigenvalue weighted by Gasteiger charge is 2.09. The van der Waals surface area contributed by atoms with Gasteiger partial charge in [-0.2, -0.15) is 0 Å². The lowest BCUT2D eigenvalue weighted by Gasteiger charge is -2.04. The Labute approximate surface area is 105 Å².